The third kappa shape index (κ3) is 2.82. The van der Waals surface area contributed by atoms with E-state index in [0.29, 0.717) is 7.11 Å². The number of carboxylic acid groups (broad SMARTS) is 1. The Balaban J connectivity index is 0.00000256. The monoisotopic (exact) mass is 256 g/mol. The minimum absolute atomic E-state index is 0. The van der Waals surface area contributed by atoms with Gasteiger partial charge in [-0.1, -0.05) is 30.3 Å². The van der Waals surface area contributed by atoms with Gasteiger partial charge in [-0.15, -0.1) is 0 Å². The first-order valence-electron chi connectivity index (χ1n) is 4.25. The molecular formula is C10H8F3NaO3. The predicted octanol–water partition coefficient (Wildman–Crippen LogP) is -2.16. The van der Waals surface area contributed by atoms with E-state index in [2.05, 4.69) is 4.74 Å². The van der Waals surface area contributed by atoms with E-state index in [1.807, 2.05) is 0 Å². The number of ether oxygens (including phenoxy) is 1. The van der Waals surface area contributed by atoms with E-state index in [9.17, 15) is 23.1 Å². The van der Waals surface area contributed by atoms with E-state index in [0.717, 1.165) is 12.1 Å². The number of carbonyl (C=O) groups is 1. The van der Waals surface area contributed by atoms with Crippen LogP contribution in [0.4, 0.5) is 13.2 Å². The Morgan fingerprint density at radius 3 is 2.00 bits per heavy atom. The maximum atomic E-state index is 12.8. The zero-order valence-corrected chi connectivity index (χ0v) is 11.2. The molecule has 0 radical (unpaired) electrons. The van der Waals surface area contributed by atoms with Gasteiger partial charge in [0.2, 0.25) is 5.60 Å². The zero-order valence-electron chi connectivity index (χ0n) is 9.25. The van der Waals surface area contributed by atoms with Crippen molar-refractivity contribution in [1.29, 1.82) is 0 Å². The number of hydrogen-bond acceptors (Lipinski definition) is 3. The van der Waals surface area contributed by atoms with Crippen molar-refractivity contribution >= 4 is 5.97 Å². The Labute approximate surface area is 118 Å². The predicted molar refractivity (Wildman–Crippen MR) is 46.2 cm³/mol. The van der Waals surface area contributed by atoms with E-state index in [-0.39, 0.29) is 29.6 Å². The Hall–Kier alpha value is -0.560. The van der Waals surface area contributed by atoms with E-state index in [1.54, 1.807) is 0 Å². The van der Waals surface area contributed by atoms with E-state index < -0.39 is 23.3 Å². The zero-order chi connectivity index (χ0) is 12.4. The van der Waals surface area contributed by atoms with Crippen molar-refractivity contribution in [2.75, 3.05) is 7.11 Å². The second-order valence-corrected chi connectivity index (χ2v) is 3.04. The third-order valence-electron chi connectivity index (χ3n) is 2.17. The third-order valence-corrected chi connectivity index (χ3v) is 2.17. The summed E-state index contributed by atoms with van der Waals surface area (Å²) in [5.74, 6) is -2.34. The summed E-state index contributed by atoms with van der Waals surface area (Å²) in [6, 6.07) is 6.09. The summed E-state index contributed by atoms with van der Waals surface area (Å²) in [6.45, 7) is 0. The van der Waals surface area contributed by atoms with Crippen LogP contribution in [-0.4, -0.2) is 19.3 Å². The maximum Gasteiger partial charge on any atom is 1.00 e. The minimum Gasteiger partial charge on any atom is -0.546 e. The summed E-state index contributed by atoms with van der Waals surface area (Å²) in [5, 5.41) is 10.7. The molecule has 0 saturated carbocycles. The molecule has 7 heteroatoms. The van der Waals surface area contributed by atoms with E-state index in [4.69, 9.17) is 0 Å². The largest absolute Gasteiger partial charge is 1.00 e. The maximum absolute atomic E-state index is 12.8. The van der Waals surface area contributed by atoms with Crippen molar-refractivity contribution in [2.45, 2.75) is 11.8 Å². The van der Waals surface area contributed by atoms with Crippen LogP contribution in [0.5, 0.6) is 0 Å². The molecule has 0 amide bonds. The summed E-state index contributed by atoms with van der Waals surface area (Å²) in [4.78, 5) is 10.7. The summed E-state index contributed by atoms with van der Waals surface area (Å²) in [5.41, 5.74) is -3.95. The van der Waals surface area contributed by atoms with Crippen LogP contribution < -0.4 is 34.7 Å². The van der Waals surface area contributed by atoms with Gasteiger partial charge in [-0.2, -0.15) is 13.2 Å². The molecule has 0 bridgehead atoms. The normalized spacial score (nSPS) is 14.6. The molecule has 0 N–H and O–H groups in total. The van der Waals surface area contributed by atoms with Gasteiger partial charge in [-0.3, -0.25) is 0 Å². The van der Waals surface area contributed by atoms with Gasteiger partial charge in [0, 0.05) is 7.11 Å². The average Bonchev–Trinajstić information content (AvgIpc) is 2.18. The average molecular weight is 256 g/mol. The number of methoxy groups -OCH3 is 1. The molecule has 1 aromatic carbocycles. The van der Waals surface area contributed by atoms with Gasteiger partial charge in [0.15, 0.2) is 0 Å². The first kappa shape index (κ1) is 16.4. The number of benzene rings is 1. The van der Waals surface area contributed by atoms with Crippen molar-refractivity contribution in [2.24, 2.45) is 0 Å². The summed E-state index contributed by atoms with van der Waals surface area (Å²) >= 11 is 0. The number of aliphatic carboxylic acids is 1. The fraction of sp³-hybridized carbons (Fsp3) is 0.300. The van der Waals surface area contributed by atoms with Crippen molar-refractivity contribution in [1.82, 2.24) is 0 Å². The molecule has 0 aromatic heterocycles. The molecule has 88 valence electrons. The van der Waals surface area contributed by atoms with Gasteiger partial charge in [0.05, 0.1) is 5.97 Å². The molecule has 1 rings (SSSR count). The van der Waals surface area contributed by atoms with Crippen LogP contribution in [0, 0.1) is 0 Å². The standard InChI is InChI=1S/C10H9F3O3.Na/c1-16-9(8(14)15,10(11,12)13)7-5-3-2-4-6-7;/h2-6H,1H3,(H,14,15);/q;+1/p-1. The molecule has 17 heavy (non-hydrogen) atoms. The number of rotatable bonds is 3. The van der Waals surface area contributed by atoms with Gasteiger partial charge < -0.3 is 14.6 Å². The molecule has 0 saturated heterocycles. The second kappa shape index (κ2) is 5.86. The van der Waals surface area contributed by atoms with Gasteiger partial charge >= 0.3 is 35.7 Å². The van der Waals surface area contributed by atoms with Crippen LogP contribution in [0.25, 0.3) is 0 Å². The van der Waals surface area contributed by atoms with Crippen LogP contribution in [-0.2, 0) is 15.1 Å². The van der Waals surface area contributed by atoms with Crippen molar-refractivity contribution in [3.05, 3.63) is 35.9 Å². The quantitative estimate of drug-likeness (QED) is 0.579. The summed E-state index contributed by atoms with van der Waals surface area (Å²) in [7, 11) is 0.677. The number of carboxylic acids is 1. The molecule has 0 heterocycles. The number of hydrogen-bond donors (Lipinski definition) is 0. The van der Waals surface area contributed by atoms with E-state index >= 15 is 0 Å². The number of carbonyl (C=O) groups excluding carboxylic acids is 1. The molecule has 1 aromatic rings. The van der Waals surface area contributed by atoms with Gasteiger partial charge in [-0.05, 0) is 5.56 Å². The van der Waals surface area contributed by atoms with E-state index in [1.165, 1.54) is 18.2 Å². The van der Waals surface area contributed by atoms with Gasteiger partial charge in [0.25, 0.3) is 0 Å². The van der Waals surface area contributed by atoms with Crippen molar-refractivity contribution in [3.8, 4) is 0 Å². The fourth-order valence-electron chi connectivity index (χ4n) is 1.39. The molecule has 1 atom stereocenters. The molecule has 0 spiro atoms. The molecule has 0 fully saturated rings. The van der Waals surface area contributed by atoms with Crippen molar-refractivity contribution in [3.63, 3.8) is 0 Å². The number of halogens is 3. The van der Waals surface area contributed by atoms with Crippen LogP contribution in [0.2, 0.25) is 0 Å². The Kier molecular flexibility index (Phi) is 5.67. The van der Waals surface area contributed by atoms with Gasteiger partial charge in [0.1, 0.15) is 0 Å². The first-order chi connectivity index (χ1) is 7.36. The molecule has 1 unspecified atom stereocenters. The Bertz CT molecular complexity index is 380. The summed E-state index contributed by atoms with van der Waals surface area (Å²) in [6.07, 6.45) is -5.10. The van der Waals surface area contributed by atoms with Gasteiger partial charge in [-0.25, -0.2) is 0 Å². The SMILES string of the molecule is COC(C(=O)[O-])(c1ccccc1)C(F)(F)F.[Na+]. The van der Waals surface area contributed by atoms with Crippen LogP contribution in [0.1, 0.15) is 5.56 Å². The van der Waals surface area contributed by atoms with Crippen LogP contribution >= 0.6 is 0 Å². The molecule has 0 aliphatic rings. The second-order valence-electron chi connectivity index (χ2n) is 3.04. The smallest absolute Gasteiger partial charge is 0.546 e. The molecule has 0 aliphatic heterocycles. The Morgan fingerprint density at radius 2 is 1.71 bits per heavy atom. The molecule has 3 nitrogen and oxygen atoms in total. The van der Waals surface area contributed by atoms with Crippen molar-refractivity contribution < 1.29 is 57.4 Å². The number of alkyl halides is 3. The molecular weight excluding hydrogens is 248 g/mol. The Morgan fingerprint density at radius 1 is 1.24 bits per heavy atom. The van der Waals surface area contributed by atoms with Crippen LogP contribution in [0.15, 0.2) is 30.3 Å². The molecule has 0 aliphatic carbocycles. The summed E-state index contributed by atoms with van der Waals surface area (Å²) < 4.78 is 42.5. The first-order valence-corrected chi connectivity index (χ1v) is 4.25. The topological polar surface area (TPSA) is 49.4 Å². The minimum atomic E-state index is -5.10. The fourth-order valence-corrected chi connectivity index (χ4v) is 1.39. The van der Waals surface area contributed by atoms with Crippen LogP contribution in [0.3, 0.4) is 0 Å².